The van der Waals surface area contributed by atoms with Crippen molar-refractivity contribution in [2.45, 2.75) is 38.3 Å². The van der Waals surface area contributed by atoms with E-state index >= 15 is 0 Å². The van der Waals surface area contributed by atoms with E-state index in [9.17, 15) is 0 Å². The second-order valence-corrected chi connectivity index (χ2v) is 6.12. The fourth-order valence-corrected chi connectivity index (χ4v) is 3.84. The lowest BCUT2D eigenvalue weighted by Gasteiger charge is -2.37. The predicted octanol–water partition coefficient (Wildman–Crippen LogP) is 2.33. The minimum atomic E-state index is 0.501. The highest BCUT2D eigenvalue weighted by Crippen LogP contribution is 2.43. The van der Waals surface area contributed by atoms with Crippen LogP contribution in [0.3, 0.4) is 0 Å². The summed E-state index contributed by atoms with van der Waals surface area (Å²) >= 11 is 0. The number of nitrogens with zero attached hydrogens (tertiary/aromatic N) is 1. The maximum absolute atomic E-state index is 4.96. The number of hydrogen-bond acceptors (Lipinski definition) is 2. The first-order valence-electron chi connectivity index (χ1n) is 7.01. The van der Waals surface area contributed by atoms with Gasteiger partial charge in [0.1, 0.15) is 0 Å². The molecule has 17 heavy (non-hydrogen) atoms. The minimum absolute atomic E-state index is 0.501. The smallest absolute Gasteiger partial charge is 0.0518 e. The van der Waals surface area contributed by atoms with Crippen LogP contribution in [-0.2, 0) is 0 Å². The average Bonchev–Trinajstić information content (AvgIpc) is 3.04. The predicted molar refractivity (Wildman–Crippen MR) is 70.2 cm³/mol. The zero-order valence-electron chi connectivity index (χ0n) is 10.4. The van der Waals surface area contributed by atoms with Gasteiger partial charge in [-0.1, -0.05) is 25.0 Å². The van der Waals surface area contributed by atoms with E-state index in [0.717, 1.165) is 18.4 Å². The number of nitrogens with one attached hydrogen (secondary N) is 1. The third-order valence-corrected chi connectivity index (χ3v) is 4.93. The van der Waals surface area contributed by atoms with Crippen LogP contribution >= 0.6 is 0 Å². The Labute approximate surface area is 103 Å². The lowest BCUT2D eigenvalue weighted by molar-refractivity contribution is 0.277. The molecular formula is C15H20N2. The van der Waals surface area contributed by atoms with Crippen molar-refractivity contribution in [3.63, 3.8) is 0 Å². The summed E-state index contributed by atoms with van der Waals surface area (Å²) in [7, 11) is 0. The lowest BCUT2D eigenvalue weighted by atomic mass is 9.74. The van der Waals surface area contributed by atoms with Crippen LogP contribution in [0.2, 0.25) is 0 Å². The number of allylic oxidation sites excluding steroid dienone is 3. The minimum Gasteiger partial charge on any atom is -0.309 e. The third kappa shape index (κ3) is 1.54. The van der Waals surface area contributed by atoms with Gasteiger partial charge in [0.25, 0.3) is 0 Å². The van der Waals surface area contributed by atoms with Crippen LogP contribution < -0.4 is 5.32 Å². The average molecular weight is 228 g/mol. The molecule has 0 spiro atoms. The van der Waals surface area contributed by atoms with E-state index in [-0.39, 0.29) is 0 Å². The van der Waals surface area contributed by atoms with E-state index in [4.69, 9.17) is 4.99 Å². The van der Waals surface area contributed by atoms with Crippen molar-refractivity contribution in [1.82, 2.24) is 5.32 Å². The van der Waals surface area contributed by atoms with Gasteiger partial charge < -0.3 is 5.32 Å². The Morgan fingerprint density at radius 1 is 1.41 bits per heavy atom. The van der Waals surface area contributed by atoms with Crippen LogP contribution in [0.15, 0.2) is 28.8 Å². The van der Waals surface area contributed by atoms with Crippen LogP contribution in [-0.4, -0.2) is 24.3 Å². The normalized spacial score (nSPS) is 43.1. The van der Waals surface area contributed by atoms with Crippen molar-refractivity contribution >= 4 is 5.71 Å². The Bertz CT molecular complexity index is 428. The summed E-state index contributed by atoms with van der Waals surface area (Å²) in [6.45, 7) is 3.38. The quantitative estimate of drug-likeness (QED) is 0.770. The van der Waals surface area contributed by atoms with Crippen molar-refractivity contribution in [2.75, 3.05) is 6.54 Å². The summed E-state index contributed by atoms with van der Waals surface area (Å²) in [5.74, 6) is 2.36. The topological polar surface area (TPSA) is 24.4 Å². The third-order valence-electron chi connectivity index (χ3n) is 4.93. The van der Waals surface area contributed by atoms with Gasteiger partial charge in [0.05, 0.1) is 6.04 Å². The monoisotopic (exact) mass is 228 g/mol. The van der Waals surface area contributed by atoms with E-state index in [1.165, 1.54) is 25.0 Å². The molecule has 0 bridgehead atoms. The van der Waals surface area contributed by atoms with E-state index in [1.807, 2.05) is 0 Å². The molecule has 1 N–H and O–H groups in total. The second kappa shape index (κ2) is 3.55. The lowest BCUT2D eigenvalue weighted by Crippen LogP contribution is -2.46. The Hall–Kier alpha value is -0.890. The summed E-state index contributed by atoms with van der Waals surface area (Å²) in [4.78, 5) is 4.96. The van der Waals surface area contributed by atoms with E-state index in [1.54, 1.807) is 5.57 Å². The molecule has 2 aliphatic heterocycles. The first-order valence-corrected chi connectivity index (χ1v) is 7.01. The van der Waals surface area contributed by atoms with Crippen molar-refractivity contribution in [1.29, 1.82) is 0 Å². The largest absolute Gasteiger partial charge is 0.309 e. The van der Waals surface area contributed by atoms with Gasteiger partial charge in [-0.05, 0) is 36.8 Å². The molecule has 2 aliphatic carbocycles. The highest BCUT2D eigenvalue weighted by molar-refractivity contribution is 6.01. The van der Waals surface area contributed by atoms with Gasteiger partial charge in [-0.3, -0.25) is 4.99 Å². The van der Waals surface area contributed by atoms with Gasteiger partial charge in [-0.15, -0.1) is 0 Å². The Morgan fingerprint density at radius 2 is 2.29 bits per heavy atom. The van der Waals surface area contributed by atoms with Crippen molar-refractivity contribution < 1.29 is 0 Å². The fourth-order valence-electron chi connectivity index (χ4n) is 3.84. The van der Waals surface area contributed by atoms with E-state index in [0.29, 0.717) is 18.0 Å². The summed E-state index contributed by atoms with van der Waals surface area (Å²) in [6, 6.07) is 1.16. The summed E-state index contributed by atoms with van der Waals surface area (Å²) < 4.78 is 0. The molecule has 4 rings (SSSR count). The van der Waals surface area contributed by atoms with Crippen molar-refractivity contribution in [3.05, 3.63) is 23.8 Å². The summed E-state index contributed by atoms with van der Waals surface area (Å²) in [5, 5.41) is 3.75. The van der Waals surface area contributed by atoms with Crippen LogP contribution in [0, 0.1) is 17.8 Å². The molecule has 2 nitrogen and oxygen atoms in total. The molecule has 90 valence electrons. The van der Waals surface area contributed by atoms with Crippen LogP contribution in [0.1, 0.15) is 26.2 Å². The fraction of sp³-hybridized carbons (Fsp3) is 0.667. The molecule has 1 saturated carbocycles. The van der Waals surface area contributed by atoms with Crippen LogP contribution in [0.4, 0.5) is 0 Å². The highest BCUT2D eigenvalue weighted by Gasteiger charge is 2.45. The summed E-state index contributed by atoms with van der Waals surface area (Å²) in [5.41, 5.74) is 2.89. The van der Waals surface area contributed by atoms with E-state index in [2.05, 4.69) is 30.5 Å². The number of hydrogen-bond donors (Lipinski definition) is 1. The first kappa shape index (κ1) is 10.1. The van der Waals surface area contributed by atoms with Crippen molar-refractivity contribution in [2.24, 2.45) is 22.7 Å². The van der Waals surface area contributed by atoms with Gasteiger partial charge >= 0.3 is 0 Å². The molecule has 0 aromatic carbocycles. The molecule has 0 aromatic rings. The number of rotatable bonds is 2. The van der Waals surface area contributed by atoms with Crippen LogP contribution in [0.5, 0.6) is 0 Å². The van der Waals surface area contributed by atoms with Gasteiger partial charge in [-0.2, -0.15) is 0 Å². The molecule has 2 heterocycles. The Morgan fingerprint density at radius 3 is 3.12 bits per heavy atom. The molecule has 1 saturated heterocycles. The Balaban J connectivity index is 1.69. The molecular weight excluding hydrogens is 208 g/mol. The molecule has 4 unspecified atom stereocenters. The molecule has 4 atom stereocenters. The zero-order chi connectivity index (χ0) is 11.4. The highest BCUT2D eigenvalue weighted by atomic mass is 15.0. The second-order valence-electron chi connectivity index (χ2n) is 6.12. The Kier molecular flexibility index (Phi) is 2.10. The van der Waals surface area contributed by atoms with Gasteiger partial charge in [0.15, 0.2) is 0 Å². The number of aliphatic imine (C=N–C) groups is 1. The molecule has 2 fully saturated rings. The maximum Gasteiger partial charge on any atom is 0.0518 e. The molecule has 0 amide bonds. The molecule has 0 radical (unpaired) electrons. The SMILES string of the molecule is CC1N=C2C=CC=C3CNC(C32)C1CC1CC1. The molecule has 4 aliphatic rings. The molecule has 0 aromatic heterocycles. The standard InChI is InChI=1S/C15H20N2/c1-9-12(7-10-5-6-10)15-14-11(8-16-15)3-2-4-13(14)17-9/h2-4,9-10,12,14-16H,5-8H2,1H3. The summed E-state index contributed by atoms with van der Waals surface area (Å²) in [6.07, 6.45) is 11.0. The maximum atomic E-state index is 4.96. The van der Waals surface area contributed by atoms with Crippen LogP contribution in [0.25, 0.3) is 0 Å². The molecule has 2 heteroatoms. The van der Waals surface area contributed by atoms with Gasteiger partial charge in [-0.25, -0.2) is 0 Å². The van der Waals surface area contributed by atoms with E-state index < -0.39 is 0 Å². The van der Waals surface area contributed by atoms with Gasteiger partial charge in [0, 0.05) is 24.2 Å². The first-order chi connectivity index (χ1) is 8.33. The zero-order valence-corrected chi connectivity index (χ0v) is 10.4. The van der Waals surface area contributed by atoms with Crippen molar-refractivity contribution in [3.8, 4) is 0 Å². The van der Waals surface area contributed by atoms with Gasteiger partial charge in [0.2, 0.25) is 0 Å².